The van der Waals surface area contributed by atoms with E-state index in [1.165, 1.54) is 0 Å². The maximum atomic E-state index is 12.7. The smallest absolute Gasteiger partial charge is 0.408 e. The monoisotopic (exact) mass is 378 g/mol. The Morgan fingerprint density at radius 1 is 1.33 bits per heavy atom. The maximum Gasteiger partial charge on any atom is 0.408 e. The molecule has 1 N–H and O–H groups in total. The molecular formula is C19H30N4O4. The Labute approximate surface area is 160 Å². The summed E-state index contributed by atoms with van der Waals surface area (Å²) in [6, 6.07) is -0.622. The summed E-state index contributed by atoms with van der Waals surface area (Å²) in [5.41, 5.74) is -0.591. The van der Waals surface area contributed by atoms with Gasteiger partial charge in [0.05, 0.1) is 0 Å². The van der Waals surface area contributed by atoms with Crippen molar-refractivity contribution in [2.24, 2.45) is 5.92 Å². The lowest BCUT2D eigenvalue weighted by Crippen LogP contribution is -2.51. The van der Waals surface area contributed by atoms with E-state index in [1.807, 2.05) is 4.90 Å². The lowest BCUT2D eigenvalue weighted by Gasteiger charge is -2.34. The van der Waals surface area contributed by atoms with Crippen LogP contribution < -0.4 is 5.32 Å². The van der Waals surface area contributed by atoms with Gasteiger partial charge in [-0.2, -0.15) is 4.98 Å². The fourth-order valence-electron chi connectivity index (χ4n) is 3.36. The number of carbonyl (C=O) groups is 2. The second-order valence-electron chi connectivity index (χ2n) is 8.69. The van der Waals surface area contributed by atoms with E-state index >= 15 is 0 Å². The number of alkyl carbamates (subject to hydrolysis) is 1. The van der Waals surface area contributed by atoms with Gasteiger partial charge in [-0.3, -0.25) is 4.79 Å². The van der Waals surface area contributed by atoms with Crippen LogP contribution in [0.5, 0.6) is 0 Å². The van der Waals surface area contributed by atoms with Gasteiger partial charge in [0.2, 0.25) is 11.8 Å². The zero-order chi connectivity index (χ0) is 19.6. The molecule has 1 aliphatic carbocycles. The van der Waals surface area contributed by atoms with E-state index in [0.29, 0.717) is 37.2 Å². The molecule has 0 spiro atoms. The third-order valence-electron chi connectivity index (χ3n) is 4.82. The standard InChI is InChI=1S/C19H30N4O4/c1-12(20-18(25)26-19(2,3)4)17(24)23-9-5-6-13(11-23)10-15-21-16(22-27-15)14-7-8-14/h12-14H,5-11H2,1-4H3,(H,20,25). The van der Waals surface area contributed by atoms with Crippen molar-refractivity contribution in [1.82, 2.24) is 20.4 Å². The molecule has 1 saturated heterocycles. The minimum Gasteiger partial charge on any atom is -0.444 e. The van der Waals surface area contributed by atoms with Crippen LogP contribution in [-0.4, -0.2) is 51.8 Å². The van der Waals surface area contributed by atoms with Gasteiger partial charge >= 0.3 is 6.09 Å². The summed E-state index contributed by atoms with van der Waals surface area (Å²) in [5, 5.41) is 6.69. The molecule has 0 bridgehead atoms. The molecule has 3 rings (SSSR count). The van der Waals surface area contributed by atoms with E-state index in [9.17, 15) is 9.59 Å². The maximum absolute atomic E-state index is 12.7. The highest BCUT2D eigenvalue weighted by atomic mass is 16.6. The number of aromatic nitrogens is 2. The van der Waals surface area contributed by atoms with Crippen LogP contribution in [0.15, 0.2) is 4.52 Å². The highest BCUT2D eigenvalue weighted by molar-refractivity contribution is 5.85. The summed E-state index contributed by atoms with van der Waals surface area (Å²) < 4.78 is 10.6. The van der Waals surface area contributed by atoms with Crippen LogP contribution in [-0.2, 0) is 16.0 Å². The van der Waals surface area contributed by atoms with Gasteiger partial charge in [-0.05, 0) is 59.3 Å². The molecule has 2 amide bonds. The van der Waals surface area contributed by atoms with Crippen LogP contribution in [0.25, 0.3) is 0 Å². The Morgan fingerprint density at radius 3 is 2.74 bits per heavy atom. The number of amides is 2. The fraction of sp³-hybridized carbons (Fsp3) is 0.789. The van der Waals surface area contributed by atoms with E-state index in [4.69, 9.17) is 9.26 Å². The van der Waals surface area contributed by atoms with Crippen LogP contribution in [0, 0.1) is 5.92 Å². The lowest BCUT2D eigenvalue weighted by molar-refractivity contribution is -0.134. The third-order valence-corrected chi connectivity index (χ3v) is 4.82. The number of carbonyl (C=O) groups excluding carboxylic acids is 2. The van der Waals surface area contributed by atoms with Gasteiger partial charge < -0.3 is 19.5 Å². The Bertz CT molecular complexity index is 677. The van der Waals surface area contributed by atoms with Gasteiger partial charge in [0.1, 0.15) is 11.6 Å². The molecule has 2 fully saturated rings. The number of likely N-dealkylation sites (tertiary alicyclic amines) is 1. The van der Waals surface area contributed by atoms with Crippen molar-refractivity contribution in [2.75, 3.05) is 13.1 Å². The number of ether oxygens (including phenoxy) is 1. The molecule has 2 atom stereocenters. The third kappa shape index (κ3) is 5.68. The van der Waals surface area contributed by atoms with E-state index in [1.54, 1.807) is 27.7 Å². The minimum atomic E-state index is -0.622. The summed E-state index contributed by atoms with van der Waals surface area (Å²) >= 11 is 0. The lowest BCUT2D eigenvalue weighted by atomic mass is 9.94. The largest absolute Gasteiger partial charge is 0.444 e. The number of piperidine rings is 1. The van der Waals surface area contributed by atoms with Crippen LogP contribution in [0.4, 0.5) is 4.79 Å². The van der Waals surface area contributed by atoms with Crippen molar-refractivity contribution in [1.29, 1.82) is 0 Å². The molecule has 1 saturated carbocycles. The van der Waals surface area contributed by atoms with Crippen LogP contribution in [0.3, 0.4) is 0 Å². The highest BCUT2D eigenvalue weighted by Gasteiger charge is 2.31. The Morgan fingerprint density at radius 2 is 2.07 bits per heavy atom. The predicted molar refractivity (Wildman–Crippen MR) is 98.1 cm³/mol. The topological polar surface area (TPSA) is 97.6 Å². The van der Waals surface area contributed by atoms with Crippen LogP contribution in [0.1, 0.15) is 71.0 Å². The molecule has 8 heteroatoms. The van der Waals surface area contributed by atoms with E-state index in [0.717, 1.165) is 31.5 Å². The van der Waals surface area contributed by atoms with Crippen molar-refractivity contribution in [3.8, 4) is 0 Å². The van der Waals surface area contributed by atoms with Gasteiger partial charge in [-0.1, -0.05) is 5.16 Å². The summed E-state index contributed by atoms with van der Waals surface area (Å²) in [7, 11) is 0. The Hall–Kier alpha value is -2.12. The summed E-state index contributed by atoms with van der Waals surface area (Å²) in [5.74, 6) is 2.17. The summed E-state index contributed by atoms with van der Waals surface area (Å²) in [6.45, 7) is 8.41. The summed E-state index contributed by atoms with van der Waals surface area (Å²) in [6.07, 6.45) is 4.37. The quantitative estimate of drug-likeness (QED) is 0.846. The van der Waals surface area contributed by atoms with Crippen molar-refractivity contribution in [3.05, 3.63) is 11.7 Å². The van der Waals surface area contributed by atoms with Gasteiger partial charge in [-0.15, -0.1) is 0 Å². The van der Waals surface area contributed by atoms with Gasteiger partial charge in [0.25, 0.3) is 0 Å². The van der Waals surface area contributed by atoms with E-state index < -0.39 is 17.7 Å². The Kier molecular flexibility index (Phi) is 5.72. The zero-order valence-electron chi connectivity index (χ0n) is 16.7. The normalized spacial score (nSPS) is 21.6. The molecule has 0 radical (unpaired) electrons. The van der Waals surface area contributed by atoms with Crippen molar-refractivity contribution in [2.45, 2.75) is 77.4 Å². The second-order valence-corrected chi connectivity index (χ2v) is 8.69. The van der Waals surface area contributed by atoms with Crippen LogP contribution in [0.2, 0.25) is 0 Å². The zero-order valence-corrected chi connectivity index (χ0v) is 16.7. The van der Waals surface area contributed by atoms with Crippen LogP contribution >= 0.6 is 0 Å². The first-order valence-corrected chi connectivity index (χ1v) is 9.82. The molecule has 8 nitrogen and oxygen atoms in total. The highest BCUT2D eigenvalue weighted by Crippen LogP contribution is 2.38. The van der Waals surface area contributed by atoms with Crippen molar-refractivity contribution < 1.29 is 18.8 Å². The molecule has 0 aromatic carbocycles. The number of hydrogen-bond donors (Lipinski definition) is 1. The van der Waals surface area contributed by atoms with Gasteiger partial charge in [0, 0.05) is 25.4 Å². The fourth-order valence-corrected chi connectivity index (χ4v) is 3.36. The second kappa shape index (κ2) is 7.86. The Balaban J connectivity index is 1.50. The number of hydrogen-bond acceptors (Lipinski definition) is 6. The molecule has 1 aliphatic heterocycles. The predicted octanol–water partition coefficient (Wildman–Crippen LogP) is 2.64. The SMILES string of the molecule is CC(NC(=O)OC(C)(C)C)C(=O)N1CCCC(Cc2nc(C3CC3)no2)C1. The average Bonchev–Trinajstić information content (AvgIpc) is 3.32. The van der Waals surface area contributed by atoms with Gasteiger partial charge in [-0.25, -0.2) is 4.79 Å². The molecule has 2 heterocycles. The molecule has 1 aromatic heterocycles. The number of nitrogens with zero attached hydrogens (tertiary/aromatic N) is 3. The van der Waals surface area contributed by atoms with E-state index in [-0.39, 0.29) is 5.91 Å². The molecule has 2 aliphatic rings. The first-order valence-electron chi connectivity index (χ1n) is 9.82. The first-order chi connectivity index (χ1) is 12.7. The first kappa shape index (κ1) is 19.6. The molecule has 150 valence electrons. The van der Waals surface area contributed by atoms with Crippen molar-refractivity contribution >= 4 is 12.0 Å². The molecular weight excluding hydrogens is 348 g/mol. The van der Waals surface area contributed by atoms with Gasteiger partial charge in [0.15, 0.2) is 5.82 Å². The molecule has 27 heavy (non-hydrogen) atoms. The minimum absolute atomic E-state index is 0.0882. The average molecular weight is 378 g/mol. The number of rotatable bonds is 5. The van der Waals surface area contributed by atoms with E-state index in [2.05, 4.69) is 15.5 Å². The molecule has 2 unspecified atom stereocenters. The molecule has 1 aromatic rings. The van der Waals surface area contributed by atoms with Crippen molar-refractivity contribution in [3.63, 3.8) is 0 Å². The number of nitrogens with one attached hydrogen (secondary N) is 1. The summed E-state index contributed by atoms with van der Waals surface area (Å²) in [4.78, 5) is 30.9.